The second kappa shape index (κ2) is 4.67. The van der Waals surface area contributed by atoms with Crippen molar-refractivity contribution in [2.24, 2.45) is 5.92 Å². The Bertz CT molecular complexity index is 325. The molecule has 0 aliphatic heterocycles. The molecule has 1 heterocycles. The third kappa shape index (κ3) is 3.05. The fourth-order valence-corrected chi connectivity index (χ4v) is 3.11. The maximum atomic E-state index is 3.63. The van der Waals surface area contributed by atoms with Crippen molar-refractivity contribution in [1.82, 2.24) is 5.32 Å². The lowest BCUT2D eigenvalue weighted by Gasteiger charge is -2.12. The van der Waals surface area contributed by atoms with Crippen LogP contribution in [0.3, 0.4) is 0 Å². The van der Waals surface area contributed by atoms with Gasteiger partial charge in [0, 0.05) is 15.8 Å². The minimum atomic E-state index is 0.727. The molecule has 2 heteroatoms. The van der Waals surface area contributed by atoms with Gasteiger partial charge >= 0.3 is 0 Å². The molecule has 2 rings (SSSR count). The Labute approximate surface area is 96.9 Å². The second-order valence-corrected chi connectivity index (χ2v) is 6.23. The van der Waals surface area contributed by atoms with E-state index in [0.29, 0.717) is 0 Å². The van der Waals surface area contributed by atoms with Crippen LogP contribution >= 0.6 is 11.3 Å². The van der Waals surface area contributed by atoms with Crippen LogP contribution in [0.2, 0.25) is 0 Å². The number of rotatable bonds is 5. The van der Waals surface area contributed by atoms with Gasteiger partial charge in [-0.3, -0.25) is 0 Å². The van der Waals surface area contributed by atoms with Crippen molar-refractivity contribution in [3.05, 3.63) is 21.4 Å². The van der Waals surface area contributed by atoms with Gasteiger partial charge in [0.2, 0.25) is 0 Å². The van der Waals surface area contributed by atoms with Crippen molar-refractivity contribution >= 4 is 11.3 Å². The van der Waals surface area contributed by atoms with Crippen LogP contribution in [-0.4, -0.2) is 12.6 Å². The Morgan fingerprint density at radius 1 is 1.47 bits per heavy atom. The van der Waals surface area contributed by atoms with Crippen molar-refractivity contribution in [3.63, 3.8) is 0 Å². The molecular formula is C13H21NS. The summed E-state index contributed by atoms with van der Waals surface area (Å²) >= 11 is 1.92. The normalized spacial score (nSPS) is 18.1. The molecule has 0 spiro atoms. The van der Waals surface area contributed by atoms with E-state index in [9.17, 15) is 0 Å². The molecule has 1 unspecified atom stereocenters. The maximum absolute atomic E-state index is 3.63. The van der Waals surface area contributed by atoms with Crippen molar-refractivity contribution in [2.45, 2.75) is 46.1 Å². The van der Waals surface area contributed by atoms with E-state index < -0.39 is 0 Å². The maximum Gasteiger partial charge on any atom is 0.00671 e. The fraction of sp³-hybridized carbons (Fsp3) is 0.692. The summed E-state index contributed by atoms with van der Waals surface area (Å²) in [6.07, 6.45) is 4.06. The van der Waals surface area contributed by atoms with Crippen LogP contribution in [0, 0.1) is 19.8 Å². The first-order valence-electron chi connectivity index (χ1n) is 5.96. The molecular weight excluding hydrogens is 202 g/mol. The monoisotopic (exact) mass is 223 g/mol. The van der Waals surface area contributed by atoms with Crippen molar-refractivity contribution in [3.8, 4) is 0 Å². The van der Waals surface area contributed by atoms with Gasteiger partial charge < -0.3 is 5.32 Å². The van der Waals surface area contributed by atoms with Crippen LogP contribution in [0.4, 0.5) is 0 Å². The van der Waals surface area contributed by atoms with E-state index in [1.807, 2.05) is 11.3 Å². The van der Waals surface area contributed by atoms with Gasteiger partial charge in [-0.15, -0.1) is 11.3 Å². The predicted octanol–water partition coefficient (Wildman–Crippen LogP) is 3.30. The van der Waals surface area contributed by atoms with Gasteiger partial charge in [0.05, 0.1) is 0 Å². The van der Waals surface area contributed by atoms with E-state index >= 15 is 0 Å². The molecule has 0 bridgehead atoms. The molecule has 0 amide bonds. The zero-order chi connectivity index (χ0) is 10.8. The van der Waals surface area contributed by atoms with Gasteiger partial charge in [-0.1, -0.05) is 0 Å². The molecule has 1 aliphatic rings. The summed E-state index contributed by atoms with van der Waals surface area (Å²) in [5.41, 5.74) is 1.54. The van der Waals surface area contributed by atoms with Crippen LogP contribution in [-0.2, 0) is 6.42 Å². The third-order valence-corrected chi connectivity index (χ3v) is 4.34. The van der Waals surface area contributed by atoms with Crippen LogP contribution in [0.1, 0.15) is 35.1 Å². The van der Waals surface area contributed by atoms with Crippen LogP contribution in [0.5, 0.6) is 0 Å². The summed E-state index contributed by atoms with van der Waals surface area (Å²) in [5.74, 6) is 0.968. The first-order valence-corrected chi connectivity index (χ1v) is 6.78. The Morgan fingerprint density at radius 2 is 2.20 bits per heavy atom. The molecule has 1 saturated carbocycles. The molecule has 84 valence electrons. The summed E-state index contributed by atoms with van der Waals surface area (Å²) in [6.45, 7) is 7.89. The lowest BCUT2D eigenvalue weighted by molar-refractivity contribution is 0.500. The van der Waals surface area contributed by atoms with Gasteiger partial charge in [-0.2, -0.15) is 0 Å². The van der Waals surface area contributed by atoms with Gasteiger partial charge in [-0.25, -0.2) is 0 Å². The molecule has 0 aromatic carbocycles. The quantitative estimate of drug-likeness (QED) is 0.807. The van der Waals surface area contributed by atoms with E-state index in [-0.39, 0.29) is 0 Å². The van der Waals surface area contributed by atoms with Gasteiger partial charge in [0.25, 0.3) is 0 Å². The first kappa shape index (κ1) is 11.2. The summed E-state index contributed by atoms with van der Waals surface area (Å²) in [7, 11) is 0. The third-order valence-electron chi connectivity index (χ3n) is 3.33. The number of aryl methyl sites for hydroxylation is 2. The summed E-state index contributed by atoms with van der Waals surface area (Å²) in [6, 6.07) is 3.06. The Hall–Kier alpha value is -0.340. The summed E-state index contributed by atoms with van der Waals surface area (Å²) < 4.78 is 0. The minimum absolute atomic E-state index is 0.727. The van der Waals surface area contributed by atoms with Crippen molar-refractivity contribution in [2.75, 3.05) is 6.54 Å². The highest BCUT2D eigenvalue weighted by molar-refractivity contribution is 7.12. The lowest BCUT2D eigenvalue weighted by atomic mass is 10.1. The smallest absolute Gasteiger partial charge is 0.00671 e. The molecule has 0 radical (unpaired) electrons. The SMILES string of the molecule is Cc1cc(CCNC(C)C2CC2)c(C)s1. The molecule has 0 saturated heterocycles. The van der Waals surface area contributed by atoms with Crippen molar-refractivity contribution < 1.29 is 0 Å². The second-order valence-electron chi connectivity index (χ2n) is 4.77. The Kier molecular flexibility index (Phi) is 3.47. The van der Waals surface area contributed by atoms with Crippen molar-refractivity contribution in [1.29, 1.82) is 0 Å². The average molecular weight is 223 g/mol. The highest BCUT2D eigenvalue weighted by atomic mass is 32.1. The molecule has 1 nitrogen and oxygen atoms in total. The molecule has 1 fully saturated rings. The number of thiophene rings is 1. The molecule has 1 aliphatic carbocycles. The Morgan fingerprint density at radius 3 is 2.73 bits per heavy atom. The first-order chi connectivity index (χ1) is 7.16. The average Bonchev–Trinajstić information content (AvgIpc) is 2.94. The number of nitrogens with one attached hydrogen (secondary N) is 1. The minimum Gasteiger partial charge on any atom is -0.314 e. The fourth-order valence-electron chi connectivity index (χ4n) is 2.13. The summed E-state index contributed by atoms with van der Waals surface area (Å²) in [4.78, 5) is 2.94. The number of hydrogen-bond donors (Lipinski definition) is 1. The highest BCUT2D eigenvalue weighted by Gasteiger charge is 2.27. The van der Waals surface area contributed by atoms with E-state index in [2.05, 4.69) is 32.2 Å². The topological polar surface area (TPSA) is 12.0 Å². The molecule has 1 atom stereocenters. The van der Waals surface area contributed by atoms with E-state index in [1.54, 1.807) is 0 Å². The summed E-state index contributed by atoms with van der Waals surface area (Å²) in [5, 5.41) is 3.63. The molecule has 1 aromatic heterocycles. The molecule has 1 N–H and O–H groups in total. The number of hydrogen-bond acceptors (Lipinski definition) is 2. The van der Waals surface area contributed by atoms with E-state index in [4.69, 9.17) is 0 Å². The lowest BCUT2D eigenvalue weighted by Crippen LogP contribution is -2.29. The van der Waals surface area contributed by atoms with Crippen LogP contribution < -0.4 is 5.32 Å². The van der Waals surface area contributed by atoms with E-state index in [1.165, 1.54) is 34.6 Å². The highest BCUT2D eigenvalue weighted by Crippen LogP contribution is 2.32. The van der Waals surface area contributed by atoms with Gasteiger partial charge in [0.15, 0.2) is 0 Å². The van der Waals surface area contributed by atoms with Gasteiger partial charge in [0.1, 0.15) is 0 Å². The van der Waals surface area contributed by atoms with Gasteiger partial charge in [-0.05, 0) is 64.1 Å². The standard InChI is InChI=1S/C13H21NS/c1-9-8-13(11(3)15-9)6-7-14-10(2)12-4-5-12/h8,10,12,14H,4-7H2,1-3H3. The Balaban J connectivity index is 1.75. The van der Waals surface area contributed by atoms with Crippen LogP contribution in [0.25, 0.3) is 0 Å². The molecule has 1 aromatic rings. The predicted molar refractivity (Wildman–Crippen MR) is 67.7 cm³/mol. The van der Waals surface area contributed by atoms with Crippen LogP contribution in [0.15, 0.2) is 6.07 Å². The van der Waals surface area contributed by atoms with E-state index in [0.717, 1.165) is 18.5 Å². The molecule has 15 heavy (non-hydrogen) atoms. The zero-order valence-corrected chi connectivity index (χ0v) is 10.8. The zero-order valence-electron chi connectivity index (χ0n) is 9.97. The largest absolute Gasteiger partial charge is 0.314 e.